The van der Waals surface area contributed by atoms with Gasteiger partial charge >= 0.3 is 0 Å². The van der Waals surface area contributed by atoms with Gasteiger partial charge in [0.15, 0.2) is 11.4 Å². The molecule has 0 atom stereocenters. The number of aromatic amines is 1. The summed E-state index contributed by atoms with van der Waals surface area (Å²) in [5, 5.41) is 2.11. The number of benzene rings is 2. The maximum atomic E-state index is 11.3. The minimum absolute atomic E-state index is 0.290. The summed E-state index contributed by atoms with van der Waals surface area (Å²) in [6, 6.07) is 15.6. The summed E-state index contributed by atoms with van der Waals surface area (Å²) in [6.45, 7) is 0. The van der Waals surface area contributed by atoms with E-state index in [1.807, 2.05) is 42.5 Å². The lowest BCUT2D eigenvalue weighted by Crippen LogP contribution is -2.06. The fraction of sp³-hybridized carbons (Fsp3) is 0. The molecule has 1 N–H and O–H groups in total. The van der Waals surface area contributed by atoms with Crippen LogP contribution >= 0.6 is 0 Å². The molecule has 0 amide bonds. The molecule has 0 fully saturated rings. The van der Waals surface area contributed by atoms with Gasteiger partial charge in [0.2, 0.25) is 0 Å². The highest BCUT2D eigenvalue weighted by Gasteiger charge is 2.08. The molecule has 5 heteroatoms. The van der Waals surface area contributed by atoms with Crippen molar-refractivity contribution in [1.82, 2.24) is 15.0 Å². The van der Waals surface area contributed by atoms with Gasteiger partial charge in [0.05, 0.1) is 6.20 Å². The third kappa shape index (κ3) is 2.09. The second kappa shape index (κ2) is 4.96. The standard InChI is InChI=1S/C17H11N3O2/c21-15-10-19-16-14(8-9-18-17(16)20-15)22-13-7-3-5-11-4-1-2-6-12(11)13/h1-10H,(H,18,20,21). The largest absolute Gasteiger partial charge is 0.454 e. The SMILES string of the molecule is O=c1cnc2c(Oc3cccc4ccccc34)ccnc2[nH]1. The highest BCUT2D eigenvalue weighted by Crippen LogP contribution is 2.31. The maximum Gasteiger partial charge on any atom is 0.268 e. The number of ether oxygens (including phenoxy) is 1. The van der Waals surface area contributed by atoms with Crippen molar-refractivity contribution in [1.29, 1.82) is 0 Å². The second-order valence-corrected chi connectivity index (χ2v) is 4.83. The van der Waals surface area contributed by atoms with Crippen LogP contribution in [0.3, 0.4) is 0 Å². The summed E-state index contributed by atoms with van der Waals surface area (Å²) < 4.78 is 6.02. The van der Waals surface area contributed by atoms with Crippen molar-refractivity contribution in [2.75, 3.05) is 0 Å². The number of aromatic nitrogens is 3. The van der Waals surface area contributed by atoms with Gasteiger partial charge in [-0.25, -0.2) is 9.97 Å². The van der Waals surface area contributed by atoms with Crippen LogP contribution in [-0.4, -0.2) is 15.0 Å². The Bertz CT molecular complexity index is 1040. The molecular weight excluding hydrogens is 278 g/mol. The highest BCUT2D eigenvalue weighted by molar-refractivity contribution is 5.89. The van der Waals surface area contributed by atoms with Crippen LogP contribution in [0.4, 0.5) is 0 Å². The summed E-state index contributed by atoms with van der Waals surface area (Å²) in [4.78, 5) is 22.2. The first-order chi connectivity index (χ1) is 10.8. The van der Waals surface area contributed by atoms with Crippen molar-refractivity contribution < 1.29 is 4.74 Å². The van der Waals surface area contributed by atoms with Crippen LogP contribution in [-0.2, 0) is 0 Å². The Kier molecular flexibility index (Phi) is 2.83. The third-order valence-corrected chi connectivity index (χ3v) is 3.41. The zero-order valence-electron chi connectivity index (χ0n) is 11.5. The molecule has 2 aromatic heterocycles. The van der Waals surface area contributed by atoms with E-state index in [2.05, 4.69) is 15.0 Å². The van der Waals surface area contributed by atoms with E-state index in [9.17, 15) is 4.79 Å². The topological polar surface area (TPSA) is 67.9 Å². The number of pyridine rings is 1. The molecule has 0 aliphatic heterocycles. The molecule has 4 aromatic rings. The summed E-state index contributed by atoms with van der Waals surface area (Å²) in [7, 11) is 0. The number of hydrogen-bond acceptors (Lipinski definition) is 4. The van der Waals surface area contributed by atoms with Crippen LogP contribution < -0.4 is 10.3 Å². The Labute approximate surface area is 125 Å². The molecule has 22 heavy (non-hydrogen) atoms. The lowest BCUT2D eigenvalue weighted by Gasteiger charge is -2.10. The van der Waals surface area contributed by atoms with Crippen molar-refractivity contribution in [3.63, 3.8) is 0 Å². The Morgan fingerprint density at radius 3 is 2.73 bits per heavy atom. The molecule has 0 bridgehead atoms. The molecule has 0 saturated heterocycles. The Morgan fingerprint density at radius 1 is 0.909 bits per heavy atom. The number of nitrogens with one attached hydrogen (secondary N) is 1. The van der Waals surface area contributed by atoms with Gasteiger partial charge in [-0.15, -0.1) is 0 Å². The normalized spacial score (nSPS) is 10.9. The Morgan fingerprint density at radius 2 is 1.77 bits per heavy atom. The molecular formula is C17H11N3O2. The zero-order chi connectivity index (χ0) is 14.9. The van der Waals surface area contributed by atoms with Crippen LogP contribution in [0.5, 0.6) is 11.5 Å². The van der Waals surface area contributed by atoms with E-state index in [0.717, 1.165) is 16.5 Å². The average Bonchev–Trinajstić information content (AvgIpc) is 2.55. The summed E-state index contributed by atoms with van der Waals surface area (Å²) in [5.41, 5.74) is 0.641. The molecule has 2 heterocycles. The van der Waals surface area contributed by atoms with Gasteiger partial charge in [-0.3, -0.25) is 4.79 Å². The van der Waals surface area contributed by atoms with E-state index < -0.39 is 0 Å². The van der Waals surface area contributed by atoms with Crippen LogP contribution in [0.25, 0.3) is 21.9 Å². The van der Waals surface area contributed by atoms with E-state index >= 15 is 0 Å². The molecule has 4 rings (SSSR count). The predicted octanol–water partition coefficient (Wildman–Crippen LogP) is 3.26. The lowest BCUT2D eigenvalue weighted by atomic mass is 10.1. The van der Waals surface area contributed by atoms with Gasteiger partial charge in [-0.2, -0.15) is 0 Å². The van der Waals surface area contributed by atoms with Gasteiger partial charge in [0.1, 0.15) is 11.3 Å². The van der Waals surface area contributed by atoms with Gasteiger partial charge in [-0.1, -0.05) is 36.4 Å². The van der Waals surface area contributed by atoms with E-state index in [0.29, 0.717) is 16.9 Å². The van der Waals surface area contributed by atoms with E-state index in [4.69, 9.17) is 4.74 Å². The zero-order valence-corrected chi connectivity index (χ0v) is 11.5. The number of hydrogen-bond donors (Lipinski definition) is 1. The quantitative estimate of drug-likeness (QED) is 0.615. The van der Waals surface area contributed by atoms with Gasteiger partial charge in [0, 0.05) is 17.6 Å². The molecule has 0 spiro atoms. The summed E-state index contributed by atoms with van der Waals surface area (Å²) in [5.74, 6) is 1.29. The van der Waals surface area contributed by atoms with E-state index in [-0.39, 0.29) is 5.56 Å². The first-order valence-electron chi connectivity index (χ1n) is 6.81. The third-order valence-electron chi connectivity index (χ3n) is 3.41. The minimum Gasteiger partial charge on any atom is -0.454 e. The predicted molar refractivity (Wildman–Crippen MR) is 84.2 cm³/mol. The first-order valence-corrected chi connectivity index (χ1v) is 6.81. The summed E-state index contributed by atoms with van der Waals surface area (Å²) >= 11 is 0. The Balaban J connectivity index is 1.88. The molecule has 0 aliphatic carbocycles. The Hall–Kier alpha value is -3.21. The number of H-pyrrole nitrogens is 1. The fourth-order valence-corrected chi connectivity index (χ4v) is 2.41. The van der Waals surface area contributed by atoms with Crippen molar-refractivity contribution in [3.05, 3.63) is 71.3 Å². The van der Waals surface area contributed by atoms with Crippen LogP contribution in [0, 0.1) is 0 Å². The van der Waals surface area contributed by atoms with Crippen LogP contribution in [0.15, 0.2) is 65.7 Å². The number of rotatable bonds is 2. The number of nitrogens with zero attached hydrogens (tertiary/aromatic N) is 2. The molecule has 2 aromatic carbocycles. The molecule has 0 saturated carbocycles. The van der Waals surface area contributed by atoms with Crippen molar-refractivity contribution in [3.8, 4) is 11.5 Å². The smallest absolute Gasteiger partial charge is 0.268 e. The fourth-order valence-electron chi connectivity index (χ4n) is 2.41. The van der Waals surface area contributed by atoms with E-state index in [1.165, 1.54) is 6.20 Å². The second-order valence-electron chi connectivity index (χ2n) is 4.83. The molecule has 106 valence electrons. The van der Waals surface area contributed by atoms with Gasteiger partial charge < -0.3 is 9.72 Å². The number of fused-ring (bicyclic) bond motifs is 2. The monoisotopic (exact) mass is 289 g/mol. The van der Waals surface area contributed by atoms with Crippen molar-refractivity contribution in [2.45, 2.75) is 0 Å². The molecule has 5 nitrogen and oxygen atoms in total. The molecule has 0 unspecified atom stereocenters. The minimum atomic E-state index is -0.290. The lowest BCUT2D eigenvalue weighted by molar-refractivity contribution is 0.492. The molecule has 0 radical (unpaired) electrons. The molecule has 0 aliphatic rings. The van der Waals surface area contributed by atoms with Crippen molar-refractivity contribution >= 4 is 21.9 Å². The van der Waals surface area contributed by atoms with Gasteiger partial charge in [0.25, 0.3) is 5.56 Å². The highest BCUT2D eigenvalue weighted by atomic mass is 16.5. The van der Waals surface area contributed by atoms with Gasteiger partial charge in [-0.05, 0) is 11.5 Å². The first kappa shape index (κ1) is 12.5. The summed E-state index contributed by atoms with van der Waals surface area (Å²) in [6.07, 6.45) is 2.81. The van der Waals surface area contributed by atoms with Crippen LogP contribution in [0.1, 0.15) is 0 Å². The maximum absolute atomic E-state index is 11.3. The average molecular weight is 289 g/mol. The van der Waals surface area contributed by atoms with Crippen LogP contribution in [0.2, 0.25) is 0 Å². The van der Waals surface area contributed by atoms with E-state index in [1.54, 1.807) is 12.3 Å². The van der Waals surface area contributed by atoms with Crippen molar-refractivity contribution in [2.24, 2.45) is 0 Å².